The van der Waals surface area contributed by atoms with E-state index in [1.807, 2.05) is 24.3 Å². The number of aromatic nitrogens is 1. The molecule has 0 aliphatic carbocycles. The van der Waals surface area contributed by atoms with Crippen LogP contribution in [0.4, 0.5) is 5.69 Å². The van der Waals surface area contributed by atoms with Gasteiger partial charge < -0.3 is 24.1 Å². The van der Waals surface area contributed by atoms with Crippen LogP contribution in [0.1, 0.15) is 0 Å². The first-order valence-corrected chi connectivity index (χ1v) is 8.27. The Bertz CT molecular complexity index is 1040. The number of nitrogens with zero attached hydrogens (tertiary/aromatic N) is 1. The number of fused-ring (bicyclic) bond motifs is 1. The van der Waals surface area contributed by atoms with E-state index in [4.69, 9.17) is 14.2 Å². The van der Waals surface area contributed by atoms with Crippen molar-refractivity contribution in [3.63, 3.8) is 0 Å². The van der Waals surface area contributed by atoms with Gasteiger partial charge in [0, 0.05) is 30.3 Å². The molecule has 0 spiro atoms. The maximum Gasteiger partial charge on any atom is 0.262 e. The van der Waals surface area contributed by atoms with Crippen LogP contribution in [-0.2, 0) is 11.8 Å². The molecule has 0 fully saturated rings. The van der Waals surface area contributed by atoms with Crippen molar-refractivity contribution in [1.82, 2.24) is 4.57 Å². The highest BCUT2D eigenvalue weighted by Gasteiger charge is 2.11. The Morgan fingerprint density at radius 1 is 1.00 bits per heavy atom. The van der Waals surface area contributed by atoms with Crippen LogP contribution in [0.25, 0.3) is 10.9 Å². The first-order chi connectivity index (χ1) is 13.0. The number of para-hydroxylation sites is 1. The first kappa shape index (κ1) is 18.3. The summed E-state index contributed by atoms with van der Waals surface area (Å²) in [4.78, 5) is 24.3. The van der Waals surface area contributed by atoms with Gasteiger partial charge in [0.15, 0.2) is 18.1 Å². The number of pyridine rings is 1. The summed E-state index contributed by atoms with van der Waals surface area (Å²) in [5.41, 5.74) is 1.08. The molecule has 27 heavy (non-hydrogen) atoms. The predicted molar refractivity (Wildman–Crippen MR) is 103 cm³/mol. The van der Waals surface area contributed by atoms with Crippen molar-refractivity contribution in [2.75, 3.05) is 26.1 Å². The number of ether oxygens (including phenoxy) is 3. The van der Waals surface area contributed by atoms with Crippen molar-refractivity contribution in [1.29, 1.82) is 0 Å². The lowest BCUT2D eigenvalue weighted by molar-refractivity contribution is -0.118. The van der Waals surface area contributed by atoms with Crippen LogP contribution >= 0.6 is 0 Å². The fourth-order valence-electron chi connectivity index (χ4n) is 2.75. The summed E-state index contributed by atoms with van der Waals surface area (Å²) in [6.45, 7) is -0.231. The molecule has 0 saturated heterocycles. The van der Waals surface area contributed by atoms with E-state index < -0.39 is 0 Å². The van der Waals surface area contributed by atoms with Crippen molar-refractivity contribution in [2.45, 2.75) is 0 Å². The molecule has 3 aromatic rings. The number of amides is 1. The van der Waals surface area contributed by atoms with Gasteiger partial charge in [-0.05, 0) is 24.3 Å². The van der Waals surface area contributed by atoms with E-state index in [0.29, 0.717) is 22.9 Å². The largest absolute Gasteiger partial charge is 0.493 e. The molecule has 3 rings (SSSR count). The van der Waals surface area contributed by atoms with E-state index in [0.717, 1.165) is 10.9 Å². The van der Waals surface area contributed by atoms with E-state index >= 15 is 0 Å². The smallest absolute Gasteiger partial charge is 0.262 e. The quantitative estimate of drug-likeness (QED) is 0.723. The maximum absolute atomic E-state index is 12.2. The van der Waals surface area contributed by atoms with Crippen LogP contribution in [0, 0.1) is 0 Å². The number of aryl methyl sites for hydroxylation is 1. The SMILES string of the molecule is COc1ccc(NC(=O)COc2cc(=O)n(C)c3ccccc23)cc1OC. The van der Waals surface area contributed by atoms with Gasteiger partial charge in [0.1, 0.15) is 5.75 Å². The highest BCUT2D eigenvalue weighted by molar-refractivity contribution is 5.93. The second-order valence-electron chi connectivity index (χ2n) is 5.83. The fraction of sp³-hybridized carbons (Fsp3) is 0.200. The number of benzene rings is 2. The minimum atomic E-state index is -0.355. The van der Waals surface area contributed by atoms with Gasteiger partial charge in [-0.15, -0.1) is 0 Å². The van der Waals surface area contributed by atoms with Crippen molar-refractivity contribution in [3.05, 3.63) is 58.9 Å². The topological polar surface area (TPSA) is 78.8 Å². The molecule has 1 aromatic heterocycles. The van der Waals surface area contributed by atoms with Crippen LogP contribution in [0.5, 0.6) is 17.2 Å². The normalized spacial score (nSPS) is 10.5. The Hall–Kier alpha value is -3.48. The number of carbonyl (C=O) groups excluding carboxylic acids is 1. The van der Waals surface area contributed by atoms with Gasteiger partial charge in [-0.3, -0.25) is 9.59 Å². The summed E-state index contributed by atoms with van der Waals surface area (Å²) in [7, 11) is 4.75. The second kappa shape index (κ2) is 7.82. The highest BCUT2D eigenvalue weighted by atomic mass is 16.5. The van der Waals surface area contributed by atoms with Gasteiger partial charge >= 0.3 is 0 Å². The van der Waals surface area contributed by atoms with Gasteiger partial charge in [-0.25, -0.2) is 0 Å². The number of carbonyl (C=O) groups is 1. The minimum Gasteiger partial charge on any atom is -0.493 e. The summed E-state index contributed by atoms with van der Waals surface area (Å²) >= 11 is 0. The minimum absolute atomic E-state index is 0.205. The number of anilines is 1. The number of hydrogen-bond acceptors (Lipinski definition) is 5. The molecule has 0 radical (unpaired) electrons. The van der Waals surface area contributed by atoms with Crippen LogP contribution in [0.3, 0.4) is 0 Å². The number of rotatable bonds is 6. The molecule has 0 aliphatic heterocycles. The number of hydrogen-bond donors (Lipinski definition) is 1. The maximum atomic E-state index is 12.2. The summed E-state index contributed by atoms with van der Waals surface area (Å²) in [6.07, 6.45) is 0. The molecular weight excluding hydrogens is 348 g/mol. The van der Waals surface area contributed by atoms with Crippen molar-refractivity contribution >= 4 is 22.5 Å². The Labute approximate surface area is 156 Å². The summed E-state index contributed by atoms with van der Waals surface area (Å²) in [5, 5.41) is 3.49. The molecule has 0 saturated carbocycles. The zero-order chi connectivity index (χ0) is 19.4. The molecule has 0 atom stereocenters. The Morgan fingerprint density at radius 2 is 1.74 bits per heavy atom. The third kappa shape index (κ3) is 3.87. The zero-order valence-corrected chi connectivity index (χ0v) is 15.3. The molecule has 2 aromatic carbocycles. The molecule has 7 heteroatoms. The van der Waals surface area contributed by atoms with E-state index in [9.17, 15) is 9.59 Å². The molecule has 1 N–H and O–H groups in total. The number of methoxy groups -OCH3 is 2. The Morgan fingerprint density at radius 3 is 2.48 bits per heavy atom. The lowest BCUT2D eigenvalue weighted by Crippen LogP contribution is -2.22. The van der Waals surface area contributed by atoms with Crippen molar-refractivity contribution in [3.8, 4) is 17.2 Å². The van der Waals surface area contributed by atoms with E-state index in [1.165, 1.54) is 17.7 Å². The second-order valence-corrected chi connectivity index (χ2v) is 5.83. The van der Waals surface area contributed by atoms with E-state index in [-0.39, 0.29) is 18.1 Å². The van der Waals surface area contributed by atoms with Crippen LogP contribution in [-0.4, -0.2) is 31.3 Å². The predicted octanol–water partition coefficient (Wildman–Crippen LogP) is 2.57. The molecule has 140 valence electrons. The van der Waals surface area contributed by atoms with Gasteiger partial charge in [0.05, 0.1) is 19.7 Å². The Kier molecular flexibility index (Phi) is 5.30. The van der Waals surface area contributed by atoms with Crippen LogP contribution < -0.4 is 25.1 Å². The molecule has 0 aliphatic rings. The van der Waals surface area contributed by atoms with Crippen molar-refractivity contribution in [2.24, 2.45) is 7.05 Å². The zero-order valence-electron chi connectivity index (χ0n) is 15.3. The van der Waals surface area contributed by atoms with Gasteiger partial charge in [-0.2, -0.15) is 0 Å². The van der Waals surface area contributed by atoms with Crippen molar-refractivity contribution < 1.29 is 19.0 Å². The van der Waals surface area contributed by atoms with Gasteiger partial charge in [0.2, 0.25) is 0 Å². The fourth-order valence-corrected chi connectivity index (χ4v) is 2.75. The molecule has 0 bridgehead atoms. The third-order valence-corrected chi connectivity index (χ3v) is 4.14. The average molecular weight is 368 g/mol. The summed E-state index contributed by atoms with van der Waals surface area (Å²) in [5.74, 6) is 1.09. The average Bonchev–Trinajstić information content (AvgIpc) is 2.69. The molecule has 1 amide bonds. The molecular formula is C20H20N2O5. The highest BCUT2D eigenvalue weighted by Crippen LogP contribution is 2.29. The number of nitrogens with one attached hydrogen (secondary N) is 1. The van der Waals surface area contributed by atoms with E-state index in [1.54, 1.807) is 32.4 Å². The molecule has 0 unspecified atom stereocenters. The van der Waals surface area contributed by atoms with Crippen LogP contribution in [0.15, 0.2) is 53.3 Å². The summed E-state index contributed by atoms with van der Waals surface area (Å²) in [6, 6.07) is 13.8. The third-order valence-electron chi connectivity index (χ3n) is 4.14. The lowest BCUT2D eigenvalue weighted by Gasteiger charge is -2.13. The van der Waals surface area contributed by atoms with E-state index in [2.05, 4.69) is 5.32 Å². The monoisotopic (exact) mass is 368 g/mol. The van der Waals surface area contributed by atoms with Crippen LogP contribution in [0.2, 0.25) is 0 Å². The lowest BCUT2D eigenvalue weighted by atomic mass is 10.2. The first-order valence-electron chi connectivity index (χ1n) is 8.27. The standard InChI is InChI=1S/C20H20N2O5/c1-22-15-7-5-4-6-14(15)17(11-20(22)24)27-12-19(23)21-13-8-9-16(25-2)18(10-13)26-3/h4-11H,12H2,1-3H3,(H,21,23). The van der Waals surface area contributed by atoms with Gasteiger partial charge in [0.25, 0.3) is 11.5 Å². The summed E-state index contributed by atoms with van der Waals surface area (Å²) < 4.78 is 17.5. The molecule has 1 heterocycles. The van der Waals surface area contributed by atoms with Gasteiger partial charge in [-0.1, -0.05) is 12.1 Å². The Balaban J connectivity index is 1.74. The molecule has 7 nitrogen and oxygen atoms in total.